The molecule has 0 bridgehead atoms. The van der Waals surface area contributed by atoms with Crippen LogP contribution in [-0.2, 0) is 33.2 Å². The van der Waals surface area contributed by atoms with Crippen molar-refractivity contribution in [3.63, 3.8) is 0 Å². The number of aliphatic hydroxyl groups excluding tert-OH is 11. The molecule has 19 nitrogen and oxygen atoms in total. The van der Waals surface area contributed by atoms with Gasteiger partial charge in [0.1, 0.15) is 73.2 Å². The van der Waals surface area contributed by atoms with Crippen molar-refractivity contribution in [1.82, 2.24) is 5.32 Å². The minimum atomic E-state index is -1.98. The zero-order valence-corrected chi connectivity index (χ0v) is 47.8. The summed E-state index contributed by atoms with van der Waals surface area (Å²) in [6, 6.07) is -0.980. The number of amides is 1. The minimum Gasteiger partial charge on any atom is -0.394 e. The van der Waals surface area contributed by atoms with Gasteiger partial charge in [0.2, 0.25) is 5.91 Å². The van der Waals surface area contributed by atoms with Gasteiger partial charge in [-0.25, -0.2) is 0 Å². The van der Waals surface area contributed by atoms with Gasteiger partial charge in [-0.05, 0) is 70.6 Å². The lowest BCUT2D eigenvalue weighted by molar-refractivity contribution is -0.379. The van der Waals surface area contributed by atoms with Gasteiger partial charge in [-0.15, -0.1) is 0 Å². The molecule has 19 heteroatoms. The maximum Gasteiger partial charge on any atom is 0.220 e. The van der Waals surface area contributed by atoms with E-state index in [0.29, 0.717) is 6.42 Å². The van der Waals surface area contributed by atoms with Gasteiger partial charge in [0.15, 0.2) is 18.9 Å². The Morgan fingerprint density at radius 3 is 1.35 bits per heavy atom. The number of carbonyl (C=O) groups is 1. The Balaban J connectivity index is 1.42. The van der Waals surface area contributed by atoms with Crippen LogP contribution in [0.2, 0.25) is 0 Å². The molecule has 3 aliphatic heterocycles. The fraction of sp³-hybridized carbons (Fsp3) is 0.754. The molecule has 0 spiro atoms. The normalized spacial score (nSPS) is 30.6. The topological polar surface area (TPSA) is 307 Å². The van der Waals surface area contributed by atoms with E-state index >= 15 is 0 Å². The molecule has 0 aliphatic carbocycles. The average molecular weight is 1140 g/mol. The predicted molar refractivity (Wildman–Crippen MR) is 304 cm³/mol. The van der Waals surface area contributed by atoms with Gasteiger partial charge in [-0.2, -0.15) is 0 Å². The van der Waals surface area contributed by atoms with Crippen molar-refractivity contribution in [3.8, 4) is 0 Å². The Labute approximate surface area is 476 Å². The summed E-state index contributed by atoms with van der Waals surface area (Å²) in [6.07, 6.45) is 26.0. The third-order valence-electron chi connectivity index (χ3n) is 14.4. The third-order valence-corrected chi connectivity index (χ3v) is 14.4. The molecule has 3 fully saturated rings. The summed E-state index contributed by atoms with van der Waals surface area (Å²) in [7, 11) is 0. The summed E-state index contributed by atoms with van der Waals surface area (Å²) in [5, 5.41) is 120. The molecule has 3 heterocycles. The second-order valence-corrected chi connectivity index (χ2v) is 21.1. The van der Waals surface area contributed by atoms with Gasteiger partial charge >= 0.3 is 0 Å². The van der Waals surface area contributed by atoms with E-state index in [1.165, 1.54) is 25.7 Å². The molecule has 80 heavy (non-hydrogen) atoms. The maximum absolute atomic E-state index is 13.3. The molecule has 3 aliphatic rings. The highest BCUT2D eigenvalue weighted by molar-refractivity contribution is 5.76. The Hall–Kier alpha value is -3.03. The molecule has 3 rings (SSSR count). The molecule has 0 aromatic heterocycles. The van der Waals surface area contributed by atoms with Crippen LogP contribution in [0.1, 0.15) is 162 Å². The highest BCUT2D eigenvalue weighted by atomic mass is 16.8. The summed E-state index contributed by atoms with van der Waals surface area (Å²) in [5.74, 6) is -0.293. The van der Waals surface area contributed by atoms with E-state index in [0.717, 1.165) is 109 Å². The van der Waals surface area contributed by atoms with Crippen LogP contribution >= 0.6 is 0 Å². The lowest BCUT2D eigenvalue weighted by atomic mass is 9.96. The summed E-state index contributed by atoms with van der Waals surface area (Å²) < 4.78 is 34.1. The number of allylic oxidation sites excluding steroid dienone is 13. The fourth-order valence-electron chi connectivity index (χ4n) is 9.54. The molecule has 0 saturated carbocycles. The molecule has 17 atom stereocenters. The summed E-state index contributed by atoms with van der Waals surface area (Å²) in [4.78, 5) is 13.3. The summed E-state index contributed by atoms with van der Waals surface area (Å²) in [5.41, 5.74) is 0. The average Bonchev–Trinajstić information content (AvgIpc) is 3.55. The van der Waals surface area contributed by atoms with Crippen LogP contribution in [-0.4, -0.2) is 193 Å². The van der Waals surface area contributed by atoms with Crippen LogP contribution in [0.5, 0.6) is 0 Å². The fourth-order valence-corrected chi connectivity index (χ4v) is 9.54. The number of ether oxygens (including phenoxy) is 6. The van der Waals surface area contributed by atoms with Crippen molar-refractivity contribution >= 4 is 5.91 Å². The first-order valence-electron chi connectivity index (χ1n) is 29.8. The number of aliphatic hydroxyl groups is 11. The van der Waals surface area contributed by atoms with Crippen LogP contribution in [0.4, 0.5) is 0 Å². The monoisotopic (exact) mass is 1140 g/mol. The first kappa shape index (κ1) is 71.2. The number of hydrogen-bond donors (Lipinski definition) is 12. The number of rotatable bonds is 42. The van der Waals surface area contributed by atoms with Gasteiger partial charge in [0, 0.05) is 6.42 Å². The second-order valence-electron chi connectivity index (χ2n) is 21.1. The van der Waals surface area contributed by atoms with Crippen LogP contribution < -0.4 is 5.32 Å². The number of nitrogens with one attached hydrogen (secondary N) is 1. The molecule has 3 saturated heterocycles. The van der Waals surface area contributed by atoms with Crippen molar-refractivity contribution < 1.29 is 89.4 Å². The van der Waals surface area contributed by atoms with E-state index in [-0.39, 0.29) is 18.9 Å². The van der Waals surface area contributed by atoms with E-state index in [1.807, 2.05) is 6.08 Å². The maximum atomic E-state index is 13.3. The van der Waals surface area contributed by atoms with Crippen molar-refractivity contribution in [2.75, 3.05) is 26.4 Å². The van der Waals surface area contributed by atoms with Crippen LogP contribution in [0.25, 0.3) is 0 Å². The van der Waals surface area contributed by atoms with E-state index in [2.05, 4.69) is 92.1 Å². The highest BCUT2D eigenvalue weighted by Crippen LogP contribution is 2.33. The predicted octanol–water partition coefficient (Wildman–Crippen LogP) is 5.20. The minimum absolute atomic E-state index is 0.227. The van der Waals surface area contributed by atoms with E-state index < -0.39 is 124 Å². The quantitative estimate of drug-likeness (QED) is 0.0276. The lowest BCUT2D eigenvalue weighted by Crippen LogP contribution is -2.66. The van der Waals surface area contributed by atoms with Gasteiger partial charge in [-0.3, -0.25) is 4.79 Å². The molecule has 0 aromatic carbocycles. The molecular formula is C61H103NO18. The van der Waals surface area contributed by atoms with Crippen LogP contribution in [0.15, 0.2) is 85.1 Å². The Kier molecular flexibility index (Phi) is 38.8. The van der Waals surface area contributed by atoms with Crippen molar-refractivity contribution in [2.24, 2.45) is 0 Å². The van der Waals surface area contributed by atoms with Crippen molar-refractivity contribution in [1.29, 1.82) is 0 Å². The van der Waals surface area contributed by atoms with E-state index in [1.54, 1.807) is 6.08 Å². The van der Waals surface area contributed by atoms with Gasteiger partial charge < -0.3 is 89.9 Å². The standard InChI is InChI=1S/C61H103NO18/c1-3-5-7-9-11-13-14-15-16-17-18-19-20-21-22-23-24-25-26-27-28-29-30-31-33-35-37-39-49(67)62-44(45(66)38-36-34-32-12-10-8-6-4-2)43-75-59-55(73)52(70)57(47(41-64)77-59)80-61-56(74)53(71)58(48(42-65)78-61)79-60-54(72)51(69)50(68)46(40-63)76-60/h5,7,11,13,15-16,18-19,21-22,24-25,36,38,44-48,50-61,63-66,68-74H,3-4,6,8-10,12,14,17,20,23,26-35,37,39-43H2,1-2H3,(H,62,67)/b7-5-,13-11-,16-15-,19-18-,22-21-,25-24-,38-36+. The van der Waals surface area contributed by atoms with Crippen LogP contribution in [0, 0.1) is 0 Å². The van der Waals surface area contributed by atoms with E-state index in [4.69, 9.17) is 28.4 Å². The molecule has 0 radical (unpaired) electrons. The SMILES string of the molecule is CC/C=C\C/C=C\C/C=C\C/C=C\C/C=C\C/C=C\CCCCCCCCCCC(=O)NC(COC1OC(CO)C(OC2OC(CO)C(OC3OC(CO)C(O)C(O)C3O)C(O)C2O)C(O)C1O)C(O)/C=C/CCCCCCCC. The third kappa shape index (κ3) is 27.1. The zero-order chi connectivity index (χ0) is 58.3. The smallest absolute Gasteiger partial charge is 0.220 e. The van der Waals surface area contributed by atoms with Gasteiger partial charge in [0.25, 0.3) is 0 Å². The van der Waals surface area contributed by atoms with E-state index in [9.17, 15) is 61.0 Å². The zero-order valence-electron chi connectivity index (χ0n) is 47.8. The molecule has 0 aromatic rings. The van der Waals surface area contributed by atoms with Crippen molar-refractivity contribution in [3.05, 3.63) is 85.1 Å². The molecular weight excluding hydrogens is 1030 g/mol. The first-order chi connectivity index (χ1) is 38.8. The number of unbranched alkanes of at least 4 members (excludes halogenated alkanes) is 14. The Morgan fingerprint density at radius 1 is 0.463 bits per heavy atom. The highest BCUT2D eigenvalue weighted by Gasteiger charge is 2.53. The summed E-state index contributed by atoms with van der Waals surface area (Å²) >= 11 is 0. The Morgan fingerprint density at radius 2 is 0.863 bits per heavy atom. The number of carbonyl (C=O) groups excluding carboxylic acids is 1. The second kappa shape index (κ2) is 43.6. The number of hydrogen-bond acceptors (Lipinski definition) is 18. The van der Waals surface area contributed by atoms with Gasteiger partial charge in [0.05, 0.1) is 38.6 Å². The van der Waals surface area contributed by atoms with Crippen molar-refractivity contribution in [2.45, 2.75) is 266 Å². The largest absolute Gasteiger partial charge is 0.394 e. The van der Waals surface area contributed by atoms with Gasteiger partial charge in [-0.1, -0.05) is 170 Å². The summed E-state index contributed by atoms with van der Waals surface area (Å²) in [6.45, 7) is 1.51. The molecule has 17 unspecified atom stereocenters. The lowest BCUT2D eigenvalue weighted by Gasteiger charge is -2.48. The molecule has 460 valence electrons. The Bertz CT molecular complexity index is 1790. The molecule has 1 amide bonds. The molecule has 12 N–H and O–H groups in total. The van der Waals surface area contributed by atoms with Crippen LogP contribution in [0.3, 0.4) is 0 Å². The first-order valence-corrected chi connectivity index (χ1v) is 29.8.